The van der Waals surface area contributed by atoms with Gasteiger partial charge in [0.15, 0.2) is 11.3 Å². The van der Waals surface area contributed by atoms with Gasteiger partial charge in [0.2, 0.25) is 5.43 Å². The summed E-state index contributed by atoms with van der Waals surface area (Å²) < 4.78 is 7.17. The fourth-order valence-electron chi connectivity index (χ4n) is 3.17. The zero-order chi connectivity index (χ0) is 23.7. The molecule has 0 saturated carbocycles. The third-order valence-corrected chi connectivity index (χ3v) is 7.10. The first kappa shape index (κ1) is 32.3. The van der Waals surface area contributed by atoms with E-state index in [-0.39, 0.29) is 107 Å². The predicted octanol–water partition coefficient (Wildman–Crippen LogP) is -0.243. The van der Waals surface area contributed by atoms with E-state index >= 15 is 0 Å². The molecule has 7 nitrogen and oxygen atoms in total. The van der Waals surface area contributed by atoms with Crippen LogP contribution in [-0.2, 0) is 0 Å². The molecule has 14 heteroatoms. The van der Waals surface area contributed by atoms with Crippen LogP contribution in [0.3, 0.4) is 0 Å². The number of aromatic carboxylic acids is 1. The number of rotatable bonds is 2. The first-order valence-electron chi connectivity index (χ1n) is 8.52. The molecule has 0 atom stereocenters. The first-order chi connectivity index (χ1) is 15.1. The molecule has 1 heterocycles. The SMILES string of the molecule is O=C(O)c1ccccc1-c1c2cc(Br)c(=O)c(Br)c-2oc2c(Br)c(O)c(Br)cc12.O[B]O.[H-].[H-].[Na+].[Na+]. The summed E-state index contributed by atoms with van der Waals surface area (Å²) in [4.78, 5) is 24.3. The van der Waals surface area contributed by atoms with Crippen molar-refractivity contribution < 1.29 is 91.4 Å². The van der Waals surface area contributed by atoms with Gasteiger partial charge in [-0.05, 0) is 87.5 Å². The Morgan fingerprint density at radius 2 is 1.53 bits per heavy atom. The molecule has 2 aromatic carbocycles. The quantitative estimate of drug-likeness (QED) is 0.165. The summed E-state index contributed by atoms with van der Waals surface area (Å²) in [5.74, 6) is -0.921. The van der Waals surface area contributed by atoms with Crippen molar-refractivity contribution in [3.8, 4) is 28.2 Å². The second kappa shape index (κ2) is 13.7. The number of aromatic hydroxyl groups is 1. The molecule has 0 spiro atoms. The van der Waals surface area contributed by atoms with Gasteiger partial charge in [-0.2, -0.15) is 0 Å². The Hall–Kier alpha value is 0.305. The first-order valence-corrected chi connectivity index (χ1v) is 11.7. The Bertz CT molecular complexity index is 1410. The Kier molecular flexibility index (Phi) is 13.1. The summed E-state index contributed by atoms with van der Waals surface area (Å²) in [6, 6.07) is 9.84. The summed E-state index contributed by atoms with van der Waals surface area (Å²) >= 11 is 13.2. The van der Waals surface area contributed by atoms with E-state index < -0.39 is 5.97 Å². The molecular weight excluding hydrogens is 729 g/mol. The van der Waals surface area contributed by atoms with Crippen molar-refractivity contribution in [2.75, 3.05) is 0 Å². The normalized spacial score (nSPS) is 10.1. The molecule has 0 fully saturated rings. The van der Waals surface area contributed by atoms with Gasteiger partial charge < -0.3 is 27.5 Å². The number of carboxylic acid groups (broad SMARTS) is 1. The number of carbonyl (C=O) groups is 1. The molecule has 1 aliphatic carbocycles. The van der Waals surface area contributed by atoms with E-state index in [1.807, 2.05) is 0 Å². The van der Waals surface area contributed by atoms with Gasteiger partial charge in [0.05, 0.1) is 14.5 Å². The van der Waals surface area contributed by atoms with Crippen LogP contribution in [0.4, 0.5) is 0 Å². The average molecular weight is 741 g/mol. The van der Waals surface area contributed by atoms with Gasteiger partial charge in [-0.3, -0.25) is 4.79 Å². The molecule has 0 unspecified atom stereocenters. The third kappa shape index (κ3) is 6.23. The van der Waals surface area contributed by atoms with E-state index in [4.69, 9.17) is 14.5 Å². The maximum atomic E-state index is 12.4. The predicted molar refractivity (Wildman–Crippen MR) is 136 cm³/mol. The van der Waals surface area contributed by atoms with Crippen LogP contribution in [0.2, 0.25) is 0 Å². The van der Waals surface area contributed by atoms with Crippen molar-refractivity contribution >= 4 is 88.3 Å². The van der Waals surface area contributed by atoms with Crippen molar-refractivity contribution in [2.45, 2.75) is 0 Å². The minimum Gasteiger partial charge on any atom is -1.00 e. The molecule has 2 aliphatic rings. The Labute approximate surface area is 274 Å². The van der Waals surface area contributed by atoms with Gasteiger partial charge in [0, 0.05) is 16.5 Å². The van der Waals surface area contributed by atoms with Gasteiger partial charge in [-0.15, -0.1) is 0 Å². The molecule has 2 aromatic rings. The minimum atomic E-state index is -1.09. The Balaban J connectivity index is 0. The summed E-state index contributed by atoms with van der Waals surface area (Å²) in [5, 5.41) is 34.6. The standard InChI is InChI=1S/C20H8Br4O5.BH2O2.2Na.2H/c21-11-5-9-13(7-3-1-2-4-8(7)20(27)28)10-6-12(22)17(26)15(24)19(10)29-18(9)14(23)16(11)25;2-1-3;;;;/h1-6,25H,(H,27,28);2-3H;;;;/q;;2*+1;2*-1. The van der Waals surface area contributed by atoms with Crippen molar-refractivity contribution in [1.82, 2.24) is 0 Å². The zero-order valence-electron chi connectivity index (χ0n) is 19.6. The largest absolute Gasteiger partial charge is 1.00 e. The van der Waals surface area contributed by atoms with E-state index in [2.05, 4.69) is 63.7 Å². The molecule has 0 amide bonds. The van der Waals surface area contributed by atoms with E-state index in [0.717, 1.165) is 0 Å². The molecule has 4 rings (SSSR count). The van der Waals surface area contributed by atoms with Crippen molar-refractivity contribution in [1.29, 1.82) is 0 Å². The van der Waals surface area contributed by atoms with Crippen molar-refractivity contribution in [3.05, 3.63) is 70.1 Å². The monoisotopic (exact) mass is 737 g/mol. The van der Waals surface area contributed by atoms with Crippen LogP contribution < -0.4 is 64.5 Å². The topological polar surface area (TPSA) is 128 Å². The smallest absolute Gasteiger partial charge is 1.00 e. The minimum absolute atomic E-state index is 0. The molecule has 167 valence electrons. The molecule has 1 radical (unpaired) electrons. The second-order valence-electron chi connectivity index (χ2n) is 6.22. The molecule has 0 saturated heterocycles. The van der Waals surface area contributed by atoms with Gasteiger partial charge >= 0.3 is 72.8 Å². The number of hydrogen-bond acceptors (Lipinski definition) is 6. The number of halogens is 4. The molecule has 34 heavy (non-hydrogen) atoms. The van der Waals surface area contributed by atoms with Crippen LogP contribution in [0.5, 0.6) is 5.75 Å². The zero-order valence-corrected chi connectivity index (χ0v) is 27.9. The Morgan fingerprint density at radius 1 is 0.941 bits per heavy atom. The second-order valence-corrected chi connectivity index (χ2v) is 9.51. The van der Waals surface area contributed by atoms with E-state index in [1.165, 1.54) is 6.07 Å². The summed E-state index contributed by atoms with van der Waals surface area (Å²) in [6.07, 6.45) is 0. The fraction of sp³-hybridized carbons (Fsp3) is 0. The average Bonchev–Trinajstić information content (AvgIpc) is 2.76. The number of carboxylic acids is 1. The fourth-order valence-corrected chi connectivity index (χ4v) is 5.57. The molecule has 0 aromatic heterocycles. The van der Waals surface area contributed by atoms with E-state index in [1.54, 1.807) is 30.3 Å². The van der Waals surface area contributed by atoms with Crippen LogP contribution in [0.15, 0.2) is 63.5 Å². The maximum Gasteiger partial charge on any atom is 1.00 e. The third-order valence-electron chi connectivity index (χ3n) is 4.45. The van der Waals surface area contributed by atoms with Crippen LogP contribution in [0, 0.1) is 0 Å². The van der Waals surface area contributed by atoms with Gasteiger partial charge in [-0.1, -0.05) is 18.2 Å². The van der Waals surface area contributed by atoms with Crippen LogP contribution in [0.1, 0.15) is 13.2 Å². The summed E-state index contributed by atoms with van der Waals surface area (Å²) in [5.41, 5.74) is 1.61. The van der Waals surface area contributed by atoms with Crippen LogP contribution >= 0.6 is 63.7 Å². The molecule has 4 N–H and O–H groups in total. The number of hydrogen-bond donors (Lipinski definition) is 4. The van der Waals surface area contributed by atoms with Gasteiger partial charge in [0.1, 0.15) is 14.7 Å². The number of phenolic OH excluding ortho intramolecular Hbond substituents is 1. The van der Waals surface area contributed by atoms with Gasteiger partial charge in [-0.25, -0.2) is 4.79 Å². The van der Waals surface area contributed by atoms with Gasteiger partial charge in [0.25, 0.3) is 0 Å². The van der Waals surface area contributed by atoms with E-state index in [0.29, 0.717) is 31.0 Å². The van der Waals surface area contributed by atoms with Crippen LogP contribution in [-0.4, -0.2) is 33.9 Å². The number of phenols is 1. The number of fused-ring (bicyclic) bond motifs is 2. The summed E-state index contributed by atoms with van der Waals surface area (Å²) in [7, 11) is 0. The van der Waals surface area contributed by atoms with Crippen LogP contribution in [0.25, 0.3) is 33.4 Å². The van der Waals surface area contributed by atoms with Crippen molar-refractivity contribution in [2.24, 2.45) is 0 Å². The van der Waals surface area contributed by atoms with E-state index in [9.17, 15) is 19.8 Å². The number of benzene rings is 3. The van der Waals surface area contributed by atoms with Crippen molar-refractivity contribution in [3.63, 3.8) is 0 Å². The Morgan fingerprint density at radius 3 is 2.12 bits per heavy atom. The maximum absolute atomic E-state index is 12.4. The molecule has 0 bridgehead atoms. The summed E-state index contributed by atoms with van der Waals surface area (Å²) in [6.45, 7) is 0. The molecule has 1 aliphatic heterocycles. The molecular formula is C20H12BBr4Na2O7.